The van der Waals surface area contributed by atoms with Crippen molar-refractivity contribution >= 4 is 0 Å². The summed E-state index contributed by atoms with van der Waals surface area (Å²) in [4.78, 5) is 4.16. The van der Waals surface area contributed by atoms with Crippen molar-refractivity contribution < 1.29 is 0 Å². The van der Waals surface area contributed by atoms with Crippen molar-refractivity contribution in [2.75, 3.05) is 6.54 Å². The topological polar surface area (TPSA) is 24.9 Å². The molecule has 0 saturated heterocycles. The van der Waals surface area contributed by atoms with Gasteiger partial charge in [-0.3, -0.25) is 4.98 Å². The molecular weight excluding hydrogens is 196 g/mol. The van der Waals surface area contributed by atoms with Gasteiger partial charge in [-0.2, -0.15) is 0 Å². The van der Waals surface area contributed by atoms with E-state index >= 15 is 0 Å². The fourth-order valence-corrected chi connectivity index (χ4v) is 2.55. The van der Waals surface area contributed by atoms with Crippen LogP contribution in [-0.4, -0.2) is 11.5 Å². The molecule has 0 radical (unpaired) electrons. The van der Waals surface area contributed by atoms with Crippen molar-refractivity contribution in [2.24, 2.45) is 5.41 Å². The van der Waals surface area contributed by atoms with Crippen molar-refractivity contribution in [3.63, 3.8) is 0 Å². The molecule has 1 N–H and O–H groups in total. The summed E-state index contributed by atoms with van der Waals surface area (Å²) < 4.78 is 0. The van der Waals surface area contributed by atoms with E-state index in [0.29, 0.717) is 11.5 Å². The molecule has 88 valence electrons. The van der Waals surface area contributed by atoms with E-state index in [1.807, 2.05) is 18.5 Å². The molecule has 1 aliphatic rings. The van der Waals surface area contributed by atoms with Crippen molar-refractivity contribution in [1.29, 1.82) is 0 Å². The van der Waals surface area contributed by atoms with Crippen LogP contribution in [0, 0.1) is 5.41 Å². The van der Waals surface area contributed by atoms with Gasteiger partial charge in [-0.25, -0.2) is 0 Å². The van der Waals surface area contributed by atoms with Crippen molar-refractivity contribution in [3.8, 4) is 0 Å². The summed E-state index contributed by atoms with van der Waals surface area (Å²) in [5.74, 6) is 0. The fraction of sp³-hybridized carbons (Fsp3) is 0.643. The molecule has 0 bridgehead atoms. The largest absolute Gasteiger partial charge is 0.310 e. The maximum atomic E-state index is 4.16. The summed E-state index contributed by atoms with van der Waals surface area (Å²) in [6.45, 7) is 5.75. The standard InChI is InChI=1S/C14H22N2/c1-12(13-6-5-9-15-10-13)16-11-14(2)7-3-4-8-14/h5-6,9-10,12,16H,3-4,7-8,11H2,1-2H3. The van der Waals surface area contributed by atoms with Gasteiger partial charge in [0.25, 0.3) is 0 Å². The normalized spacial score (nSPS) is 20.9. The first-order valence-electron chi connectivity index (χ1n) is 6.33. The first-order valence-corrected chi connectivity index (χ1v) is 6.33. The lowest BCUT2D eigenvalue weighted by atomic mass is 9.88. The third-order valence-corrected chi connectivity index (χ3v) is 3.83. The third kappa shape index (κ3) is 2.82. The summed E-state index contributed by atoms with van der Waals surface area (Å²) in [5.41, 5.74) is 1.81. The zero-order valence-electron chi connectivity index (χ0n) is 10.4. The van der Waals surface area contributed by atoms with Crippen LogP contribution in [0.15, 0.2) is 24.5 Å². The summed E-state index contributed by atoms with van der Waals surface area (Å²) in [6, 6.07) is 4.55. The Morgan fingerprint density at radius 2 is 2.19 bits per heavy atom. The summed E-state index contributed by atoms with van der Waals surface area (Å²) in [6.07, 6.45) is 9.33. The van der Waals surface area contributed by atoms with E-state index < -0.39 is 0 Å². The molecule has 16 heavy (non-hydrogen) atoms. The number of aromatic nitrogens is 1. The van der Waals surface area contributed by atoms with Crippen LogP contribution in [-0.2, 0) is 0 Å². The van der Waals surface area contributed by atoms with Gasteiger partial charge in [-0.1, -0.05) is 25.8 Å². The van der Waals surface area contributed by atoms with Crippen LogP contribution in [0.2, 0.25) is 0 Å². The number of pyridine rings is 1. The van der Waals surface area contributed by atoms with E-state index in [1.165, 1.54) is 31.2 Å². The zero-order chi connectivity index (χ0) is 11.4. The molecule has 1 heterocycles. The second-order valence-electron chi connectivity index (χ2n) is 5.41. The SMILES string of the molecule is CC(NCC1(C)CCCC1)c1cccnc1. The molecule has 1 aromatic heterocycles. The molecule has 0 aromatic carbocycles. The van der Waals surface area contributed by atoms with Crippen LogP contribution in [0.3, 0.4) is 0 Å². The number of hydrogen-bond donors (Lipinski definition) is 1. The number of nitrogens with zero attached hydrogens (tertiary/aromatic N) is 1. The van der Waals surface area contributed by atoms with Crippen LogP contribution in [0.25, 0.3) is 0 Å². The molecule has 1 fully saturated rings. The van der Waals surface area contributed by atoms with Gasteiger partial charge in [-0.15, -0.1) is 0 Å². The average Bonchev–Trinajstić information content (AvgIpc) is 2.75. The maximum absolute atomic E-state index is 4.16. The number of hydrogen-bond acceptors (Lipinski definition) is 2. The third-order valence-electron chi connectivity index (χ3n) is 3.83. The van der Waals surface area contributed by atoms with Gasteiger partial charge in [0.1, 0.15) is 0 Å². The van der Waals surface area contributed by atoms with Crippen molar-refractivity contribution in [3.05, 3.63) is 30.1 Å². The number of nitrogens with one attached hydrogen (secondary N) is 1. The minimum absolute atomic E-state index is 0.408. The van der Waals surface area contributed by atoms with Crippen LogP contribution in [0.1, 0.15) is 51.1 Å². The highest BCUT2D eigenvalue weighted by atomic mass is 14.9. The molecule has 1 saturated carbocycles. The predicted octanol–water partition coefficient (Wildman–Crippen LogP) is 3.31. The highest BCUT2D eigenvalue weighted by molar-refractivity contribution is 5.12. The highest BCUT2D eigenvalue weighted by Gasteiger charge is 2.28. The minimum atomic E-state index is 0.408. The Kier molecular flexibility index (Phi) is 3.59. The summed E-state index contributed by atoms with van der Waals surface area (Å²) in [5, 5.41) is 3.64. The lowest BCUT2D eigenvalue weighted by molar-refractivity contribution is 0.302. The van der Waals surface area contributed by atoms with Crippen molar-refractivity contribution in [1.82, 2.24) is 10.3 Å². The molecule has 2 rings (SSSR count). The van der Waals surface area contributed by atoms with Crippen LogP contribution < -0.4 is 5.32 Å². The van der Waals surface area contributed by atoms with E-state index in [1.54, 1.807) is 0 Å². The second kappa shape index (κ2) is 4.96. The zero-order valence-corrected chi connectivity index (χ0v) is 10.4. The van der Waals surface area contributed by atoms with E-state index in [2.05, 4.69) is 30.2 Å². The molecule has 1 aliphatic carbocycles. The van der Waals surface area contributed by atoms with Crippen LogP contribution >= 0.6 is 0 Å². The van der Waals surface area contributed by atoms with Gasteiger partial charge in [0, 0.05) is 25.0 Å². The van der Waals surface area contributed by atoms with E-state index in [-0.39, 0.29) is 0 Å². The molecule has 0 aliphatic heterocycles. The Balaban J connectivity index is 1.86. The molecule has 1 unspecified atom stereocenters. The van der Waals surface area contributed by atoms with Gasteiger partial charge in [0.05, 0.1) is 0 Å². The van der Waals surface area contributed by atoms with Crippen molar-refractivity contribution in [2.45, 2.75) is 45.6 Å². The smallest absolute Gasteiger partial charge is 0.0315 e. The number of rotatable bonds is 4. The molecule has 0 amide bonds. The van der Waals surface area contributed by atoms with E-state index in [0.717, 1.165) is 6.54 Å². The van der Waals surface area contributed by atoms with Gasteiger partial charge in [0.15, 0.2) is 0 Å². The first kappa shape index (κ1) is 11.6. The monoisotopic (exact) mass is 218 g/mol. The molecule has 2 heteroatoms. The van der Waals surface area contributed by atoms with Gasteiger partial charge >= 0.3 is 0 Å². The molecule has 1 aromatic rings. The van der Waals surface area contributed by atoms with Crippen LogP contribution in [0.4, 0.5) is 0 Å². The van der Waals surface area contributed by atoms with Gasteiger partial charge < -0.3 is 5.32 Å². The molecule has 2 nitrogen and oxygen atoms in total. The van der Waals surface area contributed by atoms with Gasteiger partial charge in [-0.05, 0) is 36.8 Å². The Labute approximate surface area is 98.5 Å². The highest BCUT2D eigenvalue weighted by Crippen LogP contribution is 2.37. The van der Waals surface area contributed by atoms with Gasteiger partial charge in [0.2, 0.25) is 0 Å². The Morgan fingerprint density at radius 1 is 1.44 bits per heavy atom. The average molecular weight is 218 g/mol. The molecule has 0 spiro atoms. The Bertz CT molecular complexity index is 315. The van der Waals surface area contributed by atoms with Crippen LogP contribution in [0.5, 0.6) is 0 Å². The van der Waals surface area contributed by atoms with E-state index in [4.69, 9.17) is 0 Å². The van der Waals surface area contributed by atoms with E-state index in [9.17, 15) is 0 Å². The lowest BCUT2D eigenvalue weighted by Gasteiger charge is -2.26. The Morgan fingerprint density at radius 3 is 2.81 bits per heavy atom. The maximum Gasteiger partial charge on any atom is 0.0315 e. The molecule has 1 atom stereocenters. The fourth-order valence-electron chi connectivity index (χ4n) is 2.55. The lowest BCUT2D eigenvalue weighted by Crippen LogP contribution is -2.31. The quantitative estimate of drug-likeness (QED) is 0.838. The minimum Gasteiger partial charge on any atom is -0.310 e. The second-order valence-corrected chi connectivity index (χ2v) is 5.41. The summed E-state index contributed by atoms with van der Waals surface area (Å²) >= 11 is 0. The molecular formula is C14H22N2. The summed E-state index contributed by atoms with van der Waals surface area (Å²) in [7, 11) is 0. The predicted molar refractivity (Wildman–Crippen MR) is 67.2 cm³/mol. The Hall–Kier alpha value is -0.890. The first-order chi connectivity index (χ1) is 7.70.